The maximum atomic E-state index is 5.50. The Balaban J connectivity index is 1.79. The summed E-state index contributed by atoms with van der Waals surface area (Å²) in [5.41, 5.74) is 0. The molecule has 5 heteroatoms. The van der Waals surface area contributed by atoms with Crippen molar-refractivity contribution < 1.29 is 0 Å². The van der Waals surface area contributed by atoms with E-state index < -0.39 is 0 Å². The molecule has 2 heterocycles. The van der Waals surface area contributed by atoms with Gasteiger partial charge in [0, 0.05) is 19.1 Å². The molecular weight excluding hydrogens is 280 g/mol. The van der Waals surface area contributed by atoms with Crippen LogP contribution in [0, 0.1) is 16.6 Å². The van der Waals surface area contributed by atoms with Crippen molar-refractivity contribution in [1.82, 2.24) is 14.8 Å². The lowest BCUT2D eigenvalue weighted by Gasteiger charge is -2.24. The van der Waals surface area contributed by atoms with Crippen LogP contribution in [-0.4, -0.2) is 27.9 Å². The normalized spacial score (nSPS) is 24.7. The molecule has 2 aliphatic rings. The Hall–Kier alpha value is -0.840. The van der Waals surface area contributed by atoms with Crippen molar-refractivity contribution in [1.29, 1.82) is 0 Å². The molecule has 3 rings (SSSR count). The molecule has 118 valence electrons. The van der Waals surface area contributed by atoms with Crippen LogP contribution in [0.15, 0.2) is 0 Å². The van der Waals surface area contributed by atoms with Crippen LogP contribution in [0.5, 0.6) is 0 Å². The predicted molar refractivity (Wildman–Crippen MR) is 89.3 cm³/mol. The fourth-order valence-electron chi connectivity index (χ4n) is 4.00. The van der Waals surface area contributed by atoms with Gasteiger partial charge in [0.05, 0.1) is 0 Å². The molecule has 1 unspecified atom stereocenters. The molecule has 0 spiro atoms. The van der Waals surface area contributed by atoms with Crippen molar-refractivity contribution >= 4 is 18.2 Å². The zero-order valence-electron chi connectivity index (χ0n) is 13.3. The molecule has 1 aromatic heterocycles. The van der Waals surface area contributed by atoms with Crippen LogP contribution in [0.3, 0.4) is 0 Å². The third kappa shape index (κ3) is 3.17. The Morgan fingerprint density at radius 1 is 1.10 bits per heavy atom. The Bertz CT molecular complexity index is 513. The van der Waals surface area contributed by atoms with Gasteiger partial charge in [-0.2, -0.15) is 0 Å². The fraction of sp³-hybridized carbons (Fsp3) is 0.875. The largest absolute Gasteiger partial charge is 0.341 e. The van der Waals surface area contributed by atoms with Gasteiger partial charge in [-0.25, -0.2) is 5.10 Å². The van der Waals surface area contributed by atoms with E-state index in [4.69, 9.17) is 12.2 Å². The first-order chi connectivity index (χ1) is 10.2. The minimum absolute atomic E-state index is 0.565. The van der Waals surface area contributed by atoms with Gasteiger partial charge in [0.15, 0.2) is 4.77 Å². The van der Waals surface area contributed by atoms with E-state index >= 15 is 0 Å². The SMILES string of the molecule is CC(C)C1CCCN(c2n[nH]c(=S)n2C2CCCC2)CC1. The molecule has 1 aliphatic carbocycles. The number of rotatable bonds is 3. The Morgan fingerprint density at radius 2 is 1.86 bits per heavy atom. The second-order valence-corrected chi connectivity index (χ2v) is 7.45. The first-order valence-corrected chi connectivity index (χ1v) is 8.99. The lowest BCUT2D eigenvalue weighted by atomic mass is 9.89. The monoisotopic (exact) mass is 308 g/mol. The summed E-state index contributed by atoms with van der Waals surface area (Å²) in [6.45, 7) is 6.95. The van der Waals surface area contributed by atoms with Gasteiger partial charge in [0.1, 0.15) is 0 Å². The maximum Gasteiger partial charge on any atom is 0.225 e. The van der Waals surface area contributed by atoms with Crippen LogP contribution in [0.4, 0.5) is 5.95 Å². The van der Waals surface area contributed by atoms with Crippen LogP contribution in [0.1, 0.15) is 64.8 Å². The second-order valence-electron chi connectivity index (χ2n) is 7.06. The van der Waals surface area contributed by atoms with Crippen molar-refractivity contribution in [2.75, 3.05) is 18.0 Å². The van der Waals surface area contributed by atoms with Gasteiger partial charge in [-0.3, -0.25) is 4.57 Å². The van der Waals surface area contributed by atoms with Gasteiger partial charge in [0.2, 0.25) is 5.95 Å². The number of anilines is 1. The summed E-state index contributed by atoms with van der Waals surface area (Å²) in [7, 11) is 0. The molecule has 1 saturated heterocycles. The summed E-state index contributed by atoms with van der Waals surface area (Å²) in [5, 5.41) is 7.61. The molecule has 1 atom stereocenters. The smallest absolute Gasteiger partial charge is 0.225 e. The first kappa shape index (κ1) is 15.1. The number of nitrogens with zero attached hydrogens (tertiary/aromatic N) is 3. The number of aromatic amines is 1. The van der Waals surface area contributed by atoms with E-state index in [2.05, 4.69) is 33.5 Å². The molecule has 0 bridgehead atoms. The highest BCUT2D eigenvalue weighted by Crippen LogP contribution is 2.34. The lowest BCUT2D eigenvalue weighted by Crippen LogP contribution is -2.28. The molecule has 1 aliphatic heterocycles. The minimum atomic E-state index is 0.565. The van der Waals surface area contributed by atoms with E-state index in [0.717, 1.165) is 35.6 Å². The van der Waals surface area contributed by atoms with E-state index in [1.165, 1.54) is 44.9 Å². The number of nitrogens with one attached hydrogen (secondary N) is 1. The van der Waals surface area contributed by atoms with Crippen molar-refractivity contribution in [2.24, 2.45) is 11.8 Å². The van der Waals surface area contributed by atoms with E-state index in [1.807, 2.05) is 0 Å². The Morgan fingerprint density at radius 3 is 2.57 bits per heavy atom. The van der Waals surface area contributed by atoms with Crippen molar-refractivity contribution in [2.45, 2.75) is 64.8 Å². The minimum Gasteiger partial charge on any atom is -0.341 e. The van der Waals surface area contributed by atoms with E-state index in [0.29, 0.717) is 6.04 Å². The second kappa shape index (κ2) is 6.51. The molecule has 1 aromatic rings. The Labute approximate surface area is 132 Å². The summed E-state index contributed by atoms with van der Waals surface area (Å²) >= 11 is 5.50. The van der Waals surface area contributed by atoms with Crippen LogP contribution >= 0.6 is 12.2 Å². The molecular formula is C16H28N4S. The average molecular weight is 308 g/mol. The highest BCUT2D eigenvalue weighted by Gasteiger charge is 2.26. The van der Waals surface area contributed by atoms with E-state index in [1.54, 1.807) is 0 Å². The van der Waals surface area contributed by atoms with Crippen LogP contribution in [0.25, 0.3) is 0 Å². The summed E-state index contributed by atoms with van der Waals surface area (Å²) in [5.74, 6) is 2.74. The maximum absolute atomic E-state index is 5.50. The third-order valence-electron chi connectivity index (χ3n) is 5.37. The predicted octanol–water partition coefficient (Wildman–Crippen LogP) is 4.32. The number of hydrogen-bond acceptors (Lipinski definition) is 3. The highest BCUT2D eigenvalue weighted by atomic mass is 32.1. The Kier molecular flexibility index (Phi) is 4.67. The van der Waals surface area contributed by atoms with Crippen LogP contribution in [-0.2, 0) is 0 Å². The van der Waals surface area contributed by atoms with Gasteiger partial charge < -0.3 is 4.90 Å². The van der Waals surface area contributed by atoms with E-state index in [9.17, 15) is 0 Å². The van der Waals surface area contributed by atoms with Crippen LogP contribution in [0.2, 0.25) is 0 Å². The summed E-state index contributed by atoms with van der Waals surface area (Å²) < 4.78 is 3.11. The van der Waals surface area contributed by atoms with Crippen molar-refractivity contribution in [3.05, 3.63) is 4.77 Å². The molecule has 4 nitrogen and oxygen atoms in total. The number of aromatic nitrogens is 3. The summed E-state index contributed by atoms with van der Waals surface area (Å²) in [6, 6.07) is 0.565. The van der Waals surface area contributed by atoms with Crippen LogP contribution < -0.4 is 4.90 Å². The van der Waals surface area contributed by atoms with Crippen molar-refractivity contribution in [3.8, 4) is 0 Å². The van der Waals surface area contributed by atoms with Gasteiger partial charge >= 0.3 is 0 Å². The fourth-order valence-corrected chi connectivity index (χ4v) is 4.28. The third-order valence-corrected chi connectivity index (χ3v) is 5.66. The van der Waals surface area contributed by atoms with Gasteiger partial charge in [-0.15, -0.1) is 5.10 Å². The van der Waals surface area contributed by atoms with Gasteiger partial charge in [0.25, 0.3) is 0 Å². The van der Waals surface area contributed by atoms with Crippen molar-refractivity contribution in [3.63, 3.8) is 0 Å². The zero-order chi connectivity index (χ0) is 14.8. The first-order valence-electron chi connectivity index (χ1n) is 8.58. The molecule has 1 N–H and O–H groups in total. The van der Waals surface area contributed by atoms with Gasteiger partial charge in [-0.1, -0.05) is 26.7 Å². The molecule has 0 aromatic carbocycles. The van der Waals surface area contributed by atoms with Gasteiger partial charge in [-0.05, 0) is 56.2 Å². The molecule has 0 amide bonds. The topological polar surface area (TPSA) is 36.9 Å². The lowest BCUT2D eigenvalue weighted by molar-refractivity contribution is 0.351. The standard InChI is InChI=1S/C16H28N4S/c1-12(2)13-6-5-10-19(11-9-13)15-17-18-16(21)20(15)14-7-3-4-8-14/h12-14H,3-11H2,1-2H3,(H,18,21). The molecule has 0 radical (unpaired) electrons. The summed E-state index contributed by atoms with van der Waals surface area (Å²) in [6.07, 6.45) is 9.06. The summed E-state index contributed by atoms with van der Waals surface area (Å²) in [4.78, 5) is 2.47. The molecule has 21 heavy (non-hydrogen) atoms. The zero-order valence-corrected chi connectivity index (χ0v) is 14.2. The van der Waals surface area contributed by atoms with E-state index in [-0.39, 0.29) is 0 Å². The number of H-pyrrole nitrogens is 1. The molecule has 2 fully saturated rings. The highest BCUT2D eigenvalue weighted by molar-refractivity contribution is 7.71. The molecule has 1 saturated carbocycles. The average Bonchev–Trinajstić information content (AvgIpc) is 3.02. The quantitative estimate of drug-likeness (QED) is 0.845. The number of hydrogen-bond donors (Lipinski definition) is 1.